The van der Waals surface area contributed by atoms with E-state index in [1.807, 2.05) is 0 Å². The molecule has 0 saturated heterocycles. The minimum atomic E-state index is -1.05. The third-order valence-electron chi connectivity index (χ3n) is 10.1. The Kier molecular flexibility index (Phi) is 32.2. The molecule has 22 nitrogen and oxygen atoms in total. The highest BCUT2D eigenvalue weighted by Gasteiger charge is 2.29. The first-order chi connectivity index (χ1) is 35.4. The number of nitrogens with zero attached hydrogens (tertiary/aromatic N) is 4. The van der Waals surface area contributed by atoms with Crippen LogP contribution in [0.15, 0.2) is 35.6 Å². The molecule has 0 unspecified atom stereocenters. The molecule has 0 aliphatic heterocycles. The van der Waals surface area contributed by atoms with E-state index >= 15 is 0 Å². The Morgan fingerprint density at radius 2 is 1.29 bits per heavy atom. The predicted octanol–water partition coefficient (Wildman–Crippen LogP) is 5.67. The summed E-state index contributed by atoms with van der Waals surface area (Å²) < 4.78 is 34.8. The summed E-state index contributed by atoms with van der Waals surface area (Å²) in [5.41, 5.74) is 7.89. The lowest BCUT2D eigenvalue weighted by molar-refractivity contribution is -0.133. The van der Waals surface area contributed by atoms with Crippen molar-refractivity contribution in [2.45, 2.75) is 137 Å². The summed E-state index contributed by atoms with van der Waals surface area (Å²) in [7, 11) is 0. The second-order valence-electron chi connectivity index (χ2n) is 21.0. The Labute approximate surface area is 453 Å². The average molecular weight is 1100 g/mol. The maximum Gasteiger partial charge on any atom is 0.407 e. The van der Waals surface area contributed by atoms with Crippen molar-refractivity contribution >= 4 is 64.8 Å². The van der Waals surface area contributed by atoms with Gasteiger partial charge in [0.05, 0.1) is 84.5 Å². The van der Waals surface area contributed by atoms with Crippen LogP contribution in [-0.4, -0.2) is 163 Å². The summed E-state index contributed by atoms with van der Waals surface area (Å²) in [6.07, 6.45) is 2.50. The van der Waals surface area contributed by atoms with E-state index in [-0.39, 0.29) is 46.9 Å². The number of aromatic nitrogens is 3. The average Bonchev–Trinajstić information content (AvgIpc) is 3.78. The lowest BCUT2D eigenvalue weighted by Gasteiger charge is -2.25. The van der Waals surface area contributed by atoms with Gasteiger partial charge >= 0.3 is 12.1 Å². The molecule has 75 heavy (non-hydrogen) atoms. The Bertz CT molecular complexity index is 1970. The Balaban J connectivity index is 1.76. The van der Waals surface area contributed by atoms with Gasteiger partial charge in [-0.25, -0.2) is 14.3 Å². The maximum absolute atomic E-state index is 13.7. The minimum absolute atomic E-state index is 0.0125. The number of amides is 6. The standard InChI is InChI=1S/C51H88N10O12S2/c1-37(2)44(57-43(62)34-73-59-41(35-74-50(6,7)8)36-75-51(9,10)11)46(64)56-42(13-12-19-53-47(52)65)45(63)55-39-16-14-38(15-17-39)33-72-48(66)54-31-40-32-61(60-58-40)20-22-68-24-26-70-28-30-71-29-27-69-25-23-67-21-18-49(3,4)5/h14-17,32,37,42,44H,12-13,18-31,33-36H2,1-11H3,(H,54,66)(H,55,63)(H,56,64)(H,57,62)(H3,52,53,65)/t42-,44-/m0/s1. The van der Waals surface area contributed by atoms with Gasteiger partial charge in [-0.3, -0.25) is 14.4 Å². The van der Waals surface area contributed by atoms with Crippen molar-refractivity contribution in [2.24, 2.45) is 22.2 Å². The highest BCUT2D eigenvalue weighted by atomic mass is 32.2. The molecule has 0 aliphatic rings. The summed E-state index contributed by atoms with van der Waals surface area (Å²) in [4.78, 5) is 69.6. The number of urea groups is 1. The quantitative estimate of drug-likeness (QED) is 0.0268. The molecule has 0 radical (unpaired) electrons. The first-order valence-electron chi connectivity index (χ1n) is 25.6. The van der Waals surface area contributed by atoms with Crippen LogP contribution in [0.3, 0.4) is 0 Å². The highest BCUT2D eigenvalue weighted by molar-refractivity contribution is 8.02. The number of ether oxygens (including phenoxy) is 6. The third-order valence-corrected chi connectivity index (χ3v) is 12.8. The van der Waals surface area contributed by atoms with Crippen molar-refractivity contribution in [3.8, 4) is 0 Å². The lowest BCUT2D eigenvalue weighted by Crippen LogP contribution is -2.55. The summed E-state index contributed by atoms with van der Waals surface area (Å²) in [5.74, 6) is -0.730. The zero-order valence-corrected chi connectivity index (χ0v) is 48.0. The Morgan fingerprint density at radius 1 is 0.733 bits per heavy atom. The number of rotatable bonds is 38. The van der Waals surface area contributed by atoms with Crippen molar-refractivity contribution < 1.29 is 57.2 Å². The largest absolute Gasteiger partial charge is 0.445 e. The molecule has 0 aliphatic carbocycles. The van der Waals surface area contributed by atoms with E-state index in [0.717, 1.165) is 18.7 Å². The van der Waals surface area contributed by atoms with Crippen molar-refractivity contribution in [3.05, 3.63) is 41.7 Å². The summed E-state index contributed by atoms with van der Waals surface area (Å²) in [6, 6.07) is 3.86. The first kappa shape index (κ1) is 66.4. The van der Waals surface area contributed by atoms with Crippen molar-refractivity contribution in [1.82, 2.24) is 36.3 Å². The number of anilines is 1. The number of thioether (sulfide) groups is 2. The maximum atomic E-state index is 13.7. The highest BCUT2D eigenvalue weighted by Crippen LogP contribution is 2.27. The van der Waals surface area contributed by atoms with Crippen LogP contribution in [-0.2, 0) is 67.3 Å². The van der Waals surface area contributed by atoms with E-state index in [9.17, 15) is 24.0 Å². The van der Waals surface area contributed by atoms with Gasteiger partial charge in [-0.1, -0.05) is 98.7 Å². The number of oxime groups is 1. The zero-order chi connectivity index (χ0) is 55.7. The number of alkyl carbamates (subject to hydrolysis) is 1. The van der Waals surface area contributed by atoms with Crippen LogP contribution in [0.2, 0.25) is 0 Å². The first-order valence-corrected chi connectivity index (χ1v) is 27.5. The Morgan fingerprint density at radius 3 is 1.83 bits per heavy atom. The van der Waals surface area contributed by atoms with Gasteiger partial charge < -0.3 is 65.6 Å². The van der Waals surface area contributed by atoms with Crippen LogP contribution < -0.4 is 32.3 Å². The summed E-state index contributed by atoms with van der Waals surface area (Å²) in [6.45, 7) is 28.1. The number of nitrogens with two attached hydrogens (primary N) is 1. The summed E-state index contributed by atoms with van der Waals surface area (Å²) in [5, 5.41) is 25.9. The van der Waals surface area contributed by atoms with Gasteiger partial charge in [0.25, 0.3) is 5.91 Å². The normalized spacial score (nSPS) is 12.6. The molecular weight excluding hydrogens is 1010 g/mol. The van der Waals surface area contributed by atoms with Gasteiger partial charge in [0.1, 0.15) is 24.4 Å². The number of hydrogen-bond donors (Lipinski definition) is 6. The molecule has 6 amide bonds. The van der Waals surface area contributed by atoms with Gasteiger partial charge in [0.2, 0.25) is 11.8 Å². The molecule has 2 aromatic rings. The fourth-order valence-electron chi connectivity index (χ4n) is 6.00. The monoisotopic (exact) mass is 1100 g/mol. The van der Waals surface area contributed by atoms with Crippen LogP contribution in [0.4, 0.5) is 15.3 Å². The van der Waals surface area contributed by atoms with E-state index in [1.165, 1.54) is 0 Å². The van der Waals surface area contributed by atoms with E-state index in [1.54, 1.807) is 72.5 Å². The smallest absolute Gasteiger partial charge is 0.407 e. The number of nitrogens with one attached hydrogen (secondary N) is 5. The predicted molar refractivity (Wildman–Crippen MR) is 294 cm³/mol. The Hall–Kier alpha value is -4.72. The number of carbonyl (C=O) groups excluding carboxylic acids is 5. The van der Waals surface area contributed by atoms with E-state index in [4.69, 9.17) is 39.0 Å². The van der Waals surface area contributed by atoms with Crippen LogP contribution in [0.1, 0.15) is 107 Å². The van der Waals surface area contributed by atoms with E-state index in [0.29, 0.717) is 101 Å². The van der Waals surface area contributed by atoms with Gasteiger partial charge in [-0.05, 0) is 48.3 Å². The van der Waals surface area contributed by atoms with Crippen molar-refractivity contribution in [1.29, 1.82) is 0 Å². The van der Waals surface area contributed by atoms with Crippen LogP contribution in [0, 0.1) is 11.3 Å². The molecule has 0 spiro atoms. The molecule has 0 fully saturated rings. The molecule has 1 aromatic heterocycles. The molecule has 0 bridgehead atoms. The molecule has 24 heteroatoms. The van der Waals surface area contributed by atoms with Crippen molar-refractivity contribution in [3.63, 3.8) is 0 Å². The molecule has 7 N–H and O–H groups in total. The fraction of sp³-hybridized carbons (Fsp3) is 0.725. The zero-order valence-electron chi connectivity index (χ0n) is 46.3. The third kappa shape index (κ3) is 35.3. The SMILES string of the molecule is CC(C)[C@H](NC(=O)CON=C(CSC(C)(C)C)CSC(C)(C)C)C(=O)N[C@@H](CCCNC(N)=O)C(=O)Nc1ccc(COC(=O)NCc2cn(CCOCCOCCOCCOCCOCCC(C)(C)C)nn2)cc1. The van der Waals surface area contributed by atoms with E-state index in [2.05, 4.69) is 104 Å². The molecule has 2 atom stereocenters. The molecule has 426 valence electrons. The number of hydrogen-bond acceptors (Lipinski definition) is 17. The minimum Gasteiger partial charge on any atom is -0.445 e. The van der Waals surface area contributed by atoms with Crippen molar-refractivity contribution in [2.75, 3.05) is 96.0 Å². The summed E-state index contributed by atoms with van der Waals surface area (Å²) >= 11 is 3.46. The van der Waals surface area contributed by atoms with Gasteiger partial charge in [0.15, 0.2) is 6.61 Å². The number of primary amides is 1. The second-order valence-corrected chi connectivity index (χ2v) is 24.6. The second kappa shape index (κ2) is 36.3. The van der Waals surface area contributed by atoms with Crippen LogP contribution >= 0.6 is 23.5 Å². The van der Waals surface area contributed by atoms with Crippen LogP contribution in [0.5, 0.6) is 0 Å². The van der Waals surface area contributed by atoms with Gasteiger partial charge in [-0.15, -0.1) is 28.6 Å². The van der Waals surface area contributed by atoms with Gasteiger partial charge in [-0.2, -0.15) is 0 Å². The van der Waals surface area contributed by atoms with Crippen LogP contribution in [0.25, 0.3) is 0 Å². The number of benzene rings is 1. The molecule has 1 heterocycles. The molecule has 1 aromatic carbocycles. The number of carbonyl (C=O) groups is 5. The fourth-order valence-corrected chi connectivity index (χ4v) is 7.64. The lowest BCUT2D eigenvalue weighted by atomic mass is 9.93. The molecule has 0 saturated carbocycles. The molecule has 2 rings (SSSR count). The molecular formula is C51H88N10O12S2. The van der Waals surface area contributed by atoms with Gasteiger partial charge in [0, 0.05) is 39.8 Å². The van der Waals surface area contributed by atoms with E-state index < -0.39 is 48.5 Å². The topological polar surface area (TPSA) is 279 Å².